The lowest BCUT2D eigenvalue weighted by Gasteiger charge is -2.25. The number of carbonyl (C=O) groups is 1. The lowest BCUT2D eigenvalue weighted by atomic mass is 10.0. The highest BCUT2D eigenvalue weighted by Crippen LogP contribution is 2.43. The fourth-order valence-electron chi connectivity index (χ4n) is 6.91. The molecule has 0 spiro atoms. The van der Waals surface area contributed by atoms with Crippen molar-refractivity contribution in [2.45, 2.75) is 225 Å². The molecule has 8 nitrogen and oxygen atoms in total. The summed E-state index contributed by atoms with van der Waals surface area (Å²) >= 11 is 0. The summed E-state index contributed by atoms with van der Waals surface area (Å²) in [4.78, 5) is 23.1. The Hall–Kier alpha value is -1.80. The van der Waals surface area contributed by atoms with Crippen molar-refractivity contribution in [1.82, 2.24) is 5.32 Å². The van der Waals surface area contributed by atoms with Crippen LogP contribution in [-0.4, -0.2) is 73.4 Å². The van der Waals surface area contributed by atoms with Crippen molar-refractivity contribution >= 4 is 13.7 Å². The first-order valence-electron chi connectivity index (χ1n) is 25.2. The van der Waals surface area contributed by atoms with Crippen LogP contribution in [0.5, 0.6) is 0 Å². The summed E-state index contributed by atoms with van der Waals surface area (Å²) in [5.74, 6) is -0.196. The van der Waals surface area contributed by atoms with Gasteiger partial charge in [0.05, 0.1) is 39.9 Å². The number of rotatable bonds is 45. The van der Waals surface area contributed by atoms with Crippen molar-refractivity contribution in [1.29, 1.82) is 0 Å². The van der Waals surface area contributed by atoms with Crippen LogP contribution in [-0.2, 0) is 18.4 Å². The highest BCUT2D eigenvalue weighted by molar-refractivity contribution is 7.47. The molecule has 0 saturated heterocycles. The van der Waals surface area contributed by atoms with Gasteiger partial charge in [-0.25, -0.2) is 4.57 Å². The van der Waals surface area contributed by atoms with Crippen molar-refractivity contribution in [2.75, 3.05) is 40.9 Å². The molecule has 0 fully saturated rings. The summed E-state index contributed by atoms with van der Waals surface area (Å²) in [6.07, 6.45) is 57.4. The van der Waals surface area contributed by atoms with Gasteiger partial charge in [0.25, 0.3) is 0 Å². The molecule has 0 aliphatic heterocycles. The number of aliphatic hydroxyl groups excluding tert-OH is 1. The second-order valence-corrected chi connectivity index (χ2v) is 19.6. The highest BCUT2D eigenvalue weighted by Gasteiger charge is 2.27. The summed E-state index contributed by atoms with van der Waals surface area (Å²) in [7, 11) is 1.54. The molecule has 3 unspecified atom stereocenters. The van der Waals surface area contributed by atoms with Crippen molar-refractivity contribution < 1.29 is 32.9 Å². The molecule has 0 rings (SSSR count). The van der Waals surface area contributed by atoms with E-state index in [1.807, 2.05) is 27.2 Å². The number of allylic oxidation sites excluding steroid dienone is 9. The Bertz CT molecular complexity index is 1180. The minimum atomic E-state index is -4.35. The molecule has 356 valence electrons. The van der Waals surface area contributed by atoms with E-state index in [9.17, 15) is 19.4 Å². The normalized spacial score (nSPS) is 14.7. The maximum atomic E-state index is 12.9. The van der Waals surface area contributed by atoms with Crippen molar-refractivity contribution in [2.24, 2.45) is 0 Å². The number of amides is 1. The lowest BCUT2D eigenvalue weighted by molar-refractivity contribution is -0.870. The molecule has 9 heteroatoms. The van der Waals surface area contributed by atoms with Crippen LogP contribution >= 0.6 is 7.82 Å². The fourth-order valence-corrected chi connectivity index (χ4v) is 7.65. The van der Waals surface area contributed by atoms with E-state index in [-0.39, 0.29) is 19.1 Å². The van der Waals surface area contributed by atoms with E-state index >= 15 is 0 Å². The van der Waals surface area contributed by atoms with Gasteiger partial charge >= 0.3 is 7.82 Å². The summed E-state index contributed by atoms with van der Waals surface area (Å²) in [6, 6.07) is -0.871. The molecule has 0 aromatic carbocycles. The van der Waals surface area contributed by atoms with E-state index in [0.29, 0.717) is 17.4 Å². The number of unbranched alkanes of at least 4 members (excludes halogenated alkanes) is 24. The Morgan fingerprint density at radius 1 is 0.557 bits per heavy atom. The monoisotopic (exact) mass is 878 g/mol. The van der Waals surface area contributed by atoms with Gasteiger partial charge in [-0.2, -0.15) is 0 Å². The molecule has 3 atom stereocenters. The molecule has 0 saturated carbocycles. The summed E-state index contributed by atoms with van der Waals surface area (Å²) in [5, 5.41) is 13.8. The van der Waals surface area contributed by atoms with Crippen molar-refractivity contribution in [3.8, 4) is 0 Å². The van der Waals surface area contributed by atoms with Gasteiger partial charge < -0.3 is 19.8 Å². The number of nitrogens with one attached hydrogen (secondary N) is 1. The van der Waals surface area contributed by atoms with E-state index < -0.39 is 20.0 Å². The molecule has 0 aromatic heterocycles. The smallest absolute Gasteiger partial charge is 0.387 e. The van der Waals surface area contributed by atoms with Gasteiger partial charge in [-0.05, 0) is 70.6 Å². The number of nitrogens with zero attached hydrogens (tertiary/aromatic N) is 1. The fraction of sp³-hybridized carbons (Fsp3) is 0.788. The molecule has 0 aliphatic rings. The molecule has 0 radical (unpaired) electrons. The number of aliphatic hydroxyl groups is 1. The summed E-state index contributed by atoms with van der Waals surface area (Å²) in [5.41, 5.74) is 0. The quantitative estimate of drug-likeness (QED) is 0.0244. The number of hydrogen-bond donors (Lipinski definition) is 3. The van der Waals surface area contributed by atoms with Crippen LogP contribution in [0.15, 0.2) is 60.8 Å². The Morgan fingerprint density at radius 3 is 1.46 bits per heavy atom. The molecule has 0 heterocycles. The van der Waals surface area contributed by atoms with Crippen LogP contribution in [0.1, 0.15) is 213 Å². The van der Waals surface area contributed by atoms with Gasteiger partial charge in [0.2, 0.25) is 5.91 Å². The second kappa shape index (κ2) is 43.5. The summed E-state index contributed by atoms with van der Waals surface area (Å²) < 4.78 is 23.5. The van der Waals surface area contributed by atoms with Crippen LogP contribution in [0, 0.1) is 0 Å². The molecule has 1 amide bonds. The number of carbonyl (C=O) groups excluding carboxylic acids is 1. The third kappa shape index (κ3) is 46.0. The van der Waals surface area contributed by atoms with Gasteiger partial charge in [-0.3, -0.25) is 13.8 Å². The third-order valence-corrected chi connectivity index (χ3v) is 11.9. The molecular weight excluding hydrogens is 780 g/mol. The predicted molar refractivity (Wildman–Crippen MR) is 263 cm³/mol. The first kappa shape index (κ1) is 59.2. The zero-order chi connectivity index (χ0) is 45.0. The Balaban J connectivity index is 4.21. The number of hydrogen-bond acceptors (Lipinski definition) is 5. The minimum absolute atomic E-state index is 0.0511. The Labute approximate surface area is 377 Å². The number of likely N-dealkylation sites (N-methyl/N-ethyl adjacent to an activating group) is 1. The zero-order valence-corrected chi connectivity index (χ0v) is 41.3. The molecule has 0 aliphatic carbocycles. The molecule has 61 heavy (non-hydrogen) atoms. The van der Waals surface area contributed by atoms with Crippen LogP contribution < -0.4 is 5.32 Å². The largest absolute Gasteiger partial charge is 0.472 e. The molecule has 0 bridgehead atoms. The van der Waals surface area contributed by atoms with Crippen molar-refractivity contribution in [3.05, 3.63) is 60.8 Å². The average Bonchev–Trinajstić information content (AvgIpc) is 3.21. The molecule has 3 N–H and O–H groups in total. The predicted octanol–water partition coefficient (Wildman–Crippen LogP) is 14.6. The van der Waals surface area contributed by atoms with Crippen molar-refractivity contribution in [3.63, 3.8) is 0 Å². The maximum absolute atomic E-state index is 12.9. The van der Waals surface area contributed by atoms with Gasteiger partial charge in [-0.1, -0.05) is 197 Å². The van der Waals surface area contributed by atoms with Crippen LogP contribution in [0.25, 0.3) is 0 Å². The third-order valence-electron chi connectivity index (χ3n) is 10.9. The Morgan fingerprint density at radius 2 is 0.967 bits per heavy atom. The highest BCUT2D eigenvalue weighted by atomic mass is 31.2. The van der Waals surface area contributed by atoms with Gasteiger partial charge in [0, 0.05) is 6.42 Å². The van der Waals surface area contributed by atoms with Gasteiger partial charge in [0.1, 0.15) is 13.2 Å². The number of quaternary nitrogens is 1. The average molecular weight is 878 g/mol. The van der Waals surface area contributed by atoms with E-state index in [1.54, 1.807) is 6.08 Å². The molecular formula is C52H98N2O6P+. The summed E-state index contributed by atoms with van der Waals surface area (Å²) in [6.45, 7) is 4.73. The maximum Gasteiger partial charge on any atom is 0.472 e. The SMILES string of the molecule is CCCC/C=C/CC/C=C/CC/C=C/C(O)C(COP(=O)(O)OCC[N+](C)(C)C)NC(=O)CCCCCCCCCCCCC/C=C\C/C=C\CCCCCCCCCCC. The van der Waals surface area contributed by atoms with Crippen LogP contribution in [0.3, 0.4) is 0 Å². The first-order valence-corrected chi connectivity index (χ1v) is 26.7. The van der Waals surface area contributed by atoms with Crippen LogP contribution in [0.4, 0.5) is 0 Å². The van der Waals surface area contributed by atoms with Crippen LogP contribution in [0.2, 0.25) is 0 Å². The van der Waals surface area contributed by atoms with E-state index in [1.165, 1.54) is 135 Å². The Kier molecular flexibility index (Phi) is 42.2. The standard InChI is InChI=1S/C52H97N2O6P/c1-6-8-10-12-14-16-18-20-21-22-23-24-25-26-27-28-29-30-31-32-33-34-36-38-40-42-44-46-52(56)53-50(49-60-61(57,58)59-48-47-54(3,4)5)51(55)45-43-41-39-37-35-19-17-15-13-11-9-7-2/h13,15,23-24,26-27,35,37,43,45,50-51,55H,6-12,14,16-22,25,28-34,36,38-42,44,46-49H2,1-5H3,(H-,53,56,57,58)/p+1/b15-13+,24-23-,27-26-,37-35+,45-43+. The lowest BCUT2D eigenvalue weighted by Crippen LogP contribution is -2.45. The van der Waals surface area contributed by atoms with Gasteiger partial charge in [-0.15, -0.1) is 0 Å². The zero-order valence-electron chi connectivity index (χ0n) is 40.4. The second-order valence-electron chi connectivity index (χ2n) is 18.2. The molecule has 0 aromatic rings. The van der Waals surface area contributed by atoms with Gasteiger partial charge in [0.15, 0.2) is 0 Å². The first-order chi connectivity index (χ1) is 29.5. The van der Waals surface area contributed by atoms with E-state index in [2.05, 4.69) is 67.8 Å². The number of phosphoric ester groups is 1. The topological polar surface area (TPSA) is 105 Å². The number of phosphoric acid groups is 1. The van der Waals surface area contributed by atoms with E-state index in [4.69, 9.17) is 9.05 Å². The minimum Gasteiger partial charge on any atom is -0.387 e. The van der Waals surface area contributed by atoms with E-state index in [0.717, 1.165) is 57.8 Å².